The van der Waals surface area contributed by atoms with Gasteiger partial charge in [0.2, 0.25) is 0 Å². The summed E-state index contributed by atoms with van der Waals surface area (Å²) in [6.07, 6.45) is 5.33. The second kappa shape index (κ2) is 4.78. The van der Waals surface area contributed by atoms with E-state index in [0.717, 1.165) is 31.1 Å². The Morgan fingerprint density at radius 1 is 1.54 bits per heavy atom. The van der Waals surface area contributed by atoms with Crippen LogP contribution in [0.15, 0.2) is 0 Å². The lowest BCUT2D eigenvalue weighted by atomic mass is 9.72. The van der Waals surface area contributed by atoms with Crippen molar-refractivity contribution in [2.75, 3.05) is 0 Å². The second-order valence-electron chi connectivity index (χ2n) is 4.69. The predicted molar refractivity (Wildman–Crippen MR) is 55.6 cm³/mol. The van der Waals surface area contributed by atoms with Crippen LogP contribution in [-0.2, 0) is 4.79 Å². The summed E-state index contributed by atoms with van der Waals surface area (Å²) >= 11 is 0. The molecule has 0 bridgehead atoms. The molecule has 0 aromatic heterocycles. The molecule has 0 N–H and O–H groups in total. The molecular formula is C12H22O. The van der Waals surface area contributed by atoms with E-state index in [9.17, 15) is 4.79 Å². The summed E-state index contributed by atoms with van der Waals surface area (Å²) < 4.78 is 0. The van der Waals surface area contributed by atoms with E-state index >= 15 is 0 Å². The lowest BCUT2D eigenvalue weighted by molar-refractivity contribution is -0.123. The molecule has 1 rings (SSSR count). The van der Waals surface area contributed by atoms with Crippen LogP contribution in [0.5, 0.6) is 0 Å². The van der Waals surface area contributed by atoms with Crippen molar-refractivity contribution in [3.05, 3.63) is 0 Å². The zero-order valence-electron chi connectivity index (χ0n) is 9.18. The fourth-order valence-electron chi connectivity index (χ4n) is 2.60. The Kier molecular flexibility index (Phi) is 3.95. The van der Waals surface area contributed by atoms with Crippen molar-refractivity contribution in [2.45, 2.75) is 52.9 Å². The number of carbonyl (C=O) groups is 1. The first-order valence-electron chi connectivity index (χ1n) is 5.66. The van der Waals surface area contributed by atoms with Crippen LogP contribution < -0.4 is 0 Å². The molecule has 0 saturated heterocycles. The van der Waals surface area contributed by atoms with E-state index in [0.29, 0.717) is 11.7 Å². The van der Waals surface area contributed by atoms with E-state index in [-0.39, 0.29) is 0 Å². The molecule has 1 nitrogen and oxygen atoms in total. The van der Waals surface area contributed by atoms with Gasteiger partial charge < -0.3 is 0 Å². The van der Waals surface area contributed by atoms with E-state index < -0.39 is 0 Å². The van der Waals surface area contributed by atoms with Crippen molar-refractivity contribution >= 4 is 5.78 Å². The van der Waals surface area contributed by atoms with E-state index in [4.69, 9.17) is 0 Å². The topological polar surface area (TPSA) is 17.1 Å². The Balaban J connectivity index is 2.49. The molecule has 3 atom stereocenters. The number of ketones is 1. The minimum absolute atomic E-state index is 0.492. The Morgan fingerprint density at radius 3 is 2.85 bits per heavy atom. The van der Waals surface area contributed by atoms with E-state index in [1.807, 2.05) is 0 Å². The minimum atomic E-state index is 0.492. The van der Waals surface area contributed by atoms with Gasteiger partial charge in [0.05, 0.1) is 0 Å². The molecule has 1 aliphatic rings. The summed E-state index contributed by atoms with van der Waals surface area (Å²) in [6.45, 7) is 6.85. The fraction of sp³-hybridized carbons (Fsp3) is 0.917. The maximum atomic E-state index is 11.3. The molecule has 1 aliphatic carbocycles. The molecule has 13 heavy (non-hydrogen) atoms. The predicted octanol–water partition coefficient (Wildman–Crippen LogP) is 3.43. The van der Waals surface area contributed by atoms with Crippen LogP contribution in [0.2, 0.25) is 0 Å². The highest BCUT2D eigenvalue weighted by atomic mass is 16.1. The van der Waals surface area contributed by atoms with Gasteiger partial charge in [0.1, 0.15) is 5.78 Å². The Hall–Kier alpha value is -0.330. The van der Waals surface area contributed by atoms with Gasteiger partial charge in [-0.1, -0.05) is 33.6 Å². The molecule has 0 radical (unpaired) electrons. The zero-order chi connectivity index (χ0) is 9.84. The Bertz CT molecular complexity index is 174. The second-order valence-corrected chi connectivity index (χ2v) is 4.69. The number of hydrogen-bond donors (Lipinski definition) is 0. The molecule has 76 valence electrons. The van der Waals surface area contributed by atoms with Gasteiger partial charge in [0.25, 0.3) is 0 Å². The van der Waals surface area contributed by atoms with Crippen LogP contribution in [0.4, 0.5) is 0 Å². The first-order chi connectivity index (χ1) is 6.15. The van der Waals surface area contributed by atoms with Crippen LogP contribution in [0.1, 0.15) is 52.9 Å². The highest BCUT2D eigenvalue weighted by Gasteiger charge is 2.29. The monoisotopic (exact) mass is 182 g/mol. The molecule has 0 amide bonds. The first-order valence-corrected chi connectivity index (χ1v) is 5.66. The minimum Gasteiger partial charge on any atom is -0.300 e. The van der Waals surface area contributed by atoms with Gasteiger partial charge in [0.15, 0.2) is 0 Å². The van der Waals surface area contributed by atoms with Crippen molar-refractivity contribution in [2.24, 2.45) is 17.8 Å². The summed E-state index contributed by atoms with van der Waals surface area (Å²) in [7, 11) is 0. The Morgan fingerprint density at radius 2 is 2.23 bits per heavy atom. The lowest BCUT2D eigenvalue weighted by Crippen LogP contribution is -2.28. The van der Waals surface area contributed by atoms with Gasteiger partial charge in [0, 0.05) is 12.8 Å². The molecule has 0 spiro atoms. The number of rotatable bonds is 3. The summed E-state index contributed by atoms with van der Waals surface area (Å²) in [5.74, 6) is 2.66. The smallest absolute Gasteiger partial charge is 0.133 e. The van der Waals surface area contributed by atoms with Gasteiger partial charge in [-0.15, -0.1) is 0 Å². The van der Waals surface area contributed by atoms with Crippen LogP contribution in [-0.4, -0.2) is 5.78 Å². The summed E-state index contributed by atoms with van der Waals surface area (Å²) in [4.78, 5) is 11.3. The molecule has 0 aromatic rings. The summed E-state index contributed by atoms with van der Waals surface area (Å²) in [6, 6.07) is 0. The first kappa shape index (κ1) is 10.7. The van der Waals surface area contributed by atoms with E-state index in [1.165, 1.54) is 12.8 Å². The molecule has 0 aromatic carbocycles. The standard InChI is InChI=1S/C12H22O/c1-4-5-9(2)12-8-11(13)7-6-10(12)3/h9-10,12H,4-8H2,1-3H3. The van der Waals surface area contributed by atoms with Gasteiger partial charge in [-0.3, -0.25) is 4.79 Å². The van der Waals surface area contributed by atoms with Crippen molar-refractivity contribution in [1.82, 2.24) is 0 Å². The van der Waals surface area contributed by atoms with Gasteiger partial charge in [-0.25, -0.2) is 0 Å². The van der Waals surface area contributed by atoms with Crippen molar-refractivity contribution in [3.8, 4) is 0 Å². The maximum absolute atomic E-state index is 11.3. The van der Waals surface area contributed by atoms with Crippen molar-refractivity contribution in [3.63, 3.8) is 0 Å². The maximum Gasteiger partial charge on any atom is 0.133 e. The van der Waals surface area contributed by atoms with E-state index in [2.05, 4.69) is 20.8 Å². The van der Waals surface area contributed by atoms with Crippen LogP contribution in [0, 0.1) is 17.8 Å². The average Bonchev–Trinajstić information content (AvgIpc) is 2.09. The molecule has 0 aliphatic heterocycles. The van der Waals surface area contributed by atoms with Gasteiger partial charge in [-0.05, 0) is 24.2 Å². The fourth-order valence-corrected chi connectivity index (χ4v) is 2.60. The SMILES string of the molecule is CCCC(C)C1CC(=O)CCC1C. The van der Waals surface area contributed by atoms with E-state index in [1.54, 1.807) is 0 Å². The van der Waals surface area contributed by atoms with Crippen molar-refractivity contribution in [1.29, 1.82) is 0 Å². The lowest BCUT2D eigenvalue weighted by Gasteiger charge is -2.32. The van der Waals surface area contributed by atoms with Crippen molar-refractivity contribution < 1.29 is 4.79 Å². The quantitative estimate of drug-likeness (QED) is 0.653. The zero-order valence-corrected chi connectivity index (χ0v) is 9.18. The van der Waals surface area contributed by atoms with Crippen LogP contribution in [0.3, 0.4) is 0 Å². The molecule has 1 heteroatoms. The average molecular weight is 182 g/mol. The summed E-state index contributed by atoms with van der Waals surface area (Å²) in [5, 5.41) is 0. The molecule has 3 unspecified atom stereocenters. The number of Topliss-reactive ketones (excluding diaryl/α,β-unsaturated/α-hetero) is 1. The molecule has 1 saturated carbocycles. The normalized spacial score (nSPS) is 31.8. The third-order valence-electron chi connectivity index (χ3n) is 3.55. The number of carbonyl (C=O) groups excluding carboxylic acids is 1. The van der Waals surface area contributed by atoms with Gasteiger partial charge in [-0.2, -0.15) is 0 Å². The van der Waals surface area contributed by atoms with Crippen LogP contribution >= 0.6 is 0 Å². The largest absolute Gasteiger partial charge is 0.300 e. The summed E-state index contributed by atoms with van der Waals surface area (Å²) in [5.41, 5.74) is 0. The van der Waals surface area contributed by atoms with Crippen LogP contribution in [0.25, 0.3) is 0 Å². The number of hydrogen-bond acceptors (Lipinski definition) is 1. The molecular weight excluding hydrogens is 160 g/mol. The molecule has 0 heterocycles. The highest BCUT2D eigenvalue weighted by molar-refractivity contribution is 5.79. The third kappa shape index (κ3) is 2.82. The Labute approximate surface area is 81.9 Å². The third-order valence-corrected chi connectivity index (χ3v) is 3.55. The highest BCUT2D eigenvalue weighted by Crippen LogP contribution is 2.34. The van der Waals surface area contributed by atoms with Gasteiger partial charge >= 0.3 is 0 Å². The molecule has 1 fully saturated rings.